The summed E-state index contributed by atoms with van der Waals surface area (Å²) in [4.78, 5) is 9.27. The highest BCUT2D eigenvalue weighted by atomic mass is 32.2. The first-order valence-electron chi connectivity index (χ1n) is 12.8. The van der Waals surface area contributed by atoms with Gasteiger partial charge in [0.15, 0.2) is 0 Å². The number of hydrogen-bond donors (Lipinski definition) is 2. The Kier molecular flexibility index (Phi) is 5.87. The molecule has 1 aromatic heterocycles. The molecule has 2 aromatic rings. The number of piperazine rings is 1. The maximum Gasteiger partial charge on any atom is 0.278 e. The molecule has 9 nitrogen and oxygen atoms in total. The van der Waals surface area contributed by atoms with Gasteiger partial charge in [0, 0.05) is 51.0 Å². The maximum absolute atomic E-state index is 13.3. The van der Waals surface area contributed by atoms with Crippen molar-refractivity contribution in [3.63, 3.8) is 0 Å². The predicted molar refractivity (Wildman–Crippen MR) is 131 cm³/mol. The number of H-pyrrole nitrogens is 1. The van der Waals surface area contributed by atoms with Gasteiger partial charge in [0.25, 0.3) is 15.2 Å². The number of aromatic nitrogens is 3. The Morgan fingerprint density at radius 2 is 1.59 bits per heavy atom. The molecule has 3 heterocycles. The molecule has 2 fully saturated rings. The fourth-order valence-electron chi connectivity index (χ4n) is 6.25. The summed E-state index contributed by atoms with van der Waals surface area (Å²) < 4.78 is 28.2. The van der Waals surface area contributed by atoms with E-state index in [0.29, 0.717) is 25.1 Å². The second-order valence-electron chi connectivity index (χ2n) is 10.3. The molecule has 4 aliphatic rings. The van der Waals surface area contributed by atoms with Crippen molar-refractivity contribution < 1.29 is 8.42 Å². The van der Waals surface area contributed by atoms with Gasteiger partial charge in [-0.15, -0.1) is 5.10 Å². The Labute approximate surface area is 202 Å². The van der Waals surface area contributed by atoms with Gasteiger partial charge in [-0.1, -0.05) is 6.07 Å². The Morgan fingerprint density at radius 1 is 0.941 bits per heavy atom. The van der Waals surface area contributed by atoms with E-state index in [1.807, 2.05) is 0 Å². The Morgan fingerprint density at radius 3 is 2.24 bits per heavy atom. The molecule has 0 saturated carbocycles. The van der Waals surface area contributed by atoms with Crippen LogP contribution >= 0.6 is 0 Å². The zero-order chi connectivity index (χ0) is 23.3. The zero-order valence-electron chi connectivity index (χ0n) is 20.0. The van der Waals surface area contributed by atoms with Gasteiger partial charge in [-0.25, -0.2) is 13.5 Å². The van der Waals surface area contributed by atoms with Crippen LogP contribution in [0.4, 0.5) is 11.6 Å². The lowest BCUT2D eigenvalue weighted by molar-refractivity contribution is 0.0835. The quantitative estimate of drug-likeness (QED) is 0.668. The first-order chi connectivity index (χ1) is 16.5. The van der Waals surface area contributed by atoms with Crippen LogP contribution in [-0.2, 0) is 35.7 Å². The van der Waals surface area contributed by atoms with Crippen LogP contribution in [0.25, 0.3) is 0 Å². The highest BCUT2D eigenvalue weighted by molar-refractivity contribution is 7.88. The van der Waals surface area contributed by atoms with Crippen LogP contribution in [0.3, 0.4) is 0 Å². The molecule has 2 saturated heterocycles. The number of sulfonamides is 1. The lowest BCUT2D eigenvalue weighted by Crippen LogP contribution is -2.52. The van der Waals surface area contributed by atoms with Crippen molar-refractivity contribution in [3.8, 4) is 0 Å². The summed E-state index contributed by atoms with van der Waals surface area (Å²) in [5, 5.41) is 10.3. The van der Waals surface area contributed by atoms with E-state index in [4.69, 9.17) is 0 Å². The number of rotatable bonds is 5. The lowest BCUT2D eigenvalue weighted by atomic mass is 9.99. The summed E-state index contributed by atoms with van der Waals surface area (Å²) in [5.74, 6) is 0.347. The van der Waals surface area contributed by atoms with Crippen molar-refractivity contribution in [2.75, 3.05) is 51.6 Å². The SMILES string of the molecule is CN1CCN(C2CCN(S(=O)(=O)c3nc(Nc4c5c(cc6c4CCC6)CCC5)n[nH]3)CC2)CC1. The summed E-state index contributed by atoms with van der Waals surface area (Å²) in [6.07, 6.45) is 8.43. The fraction of sp³-hybridized carbons (Fsp3) is 0.667. The van der Waals surface area contributed by atoms with E-state index in [-0.39, 0.29) is 5.16 Å². The molecule has 184 valence electrons. The van der Waals surface area contributed by atoms with Crippen LogP contribution in [0.2, 0.25) is 0 Å². The molecule has 0 spiro atoms. The normalized spacial score (nSPS) is 22.7. The molecule has 2 N–H and O–H groups in total. The molecule has 0 amide bonds. The summed E-state index contributed by atoms with van der Waals surface area (Å²) in [6.45, 7) is 5.36. The Hall–Kier alpha value is -2.01. The number of likely N-dealkylation sites (N-methyl/N-ethyl adjacent to an activating group) is 1. The van der Waals surface area contributed by atoms with E-state index in [0.717, 1.165) is 70.4 Å². The van der Waals surface area contributed by atoms with E-state index < -0.39 is 10.0 Å². The number of aryl methyl sites for hydroxylation is 2. The van der Waals surface area contributed by atoms with Crippen LogP contribution < -0.4 is 5.32 Å². The Balaban J connectivity index is 1.15. The van der Waals surface area contributed by atoms with Gasteiger partial charge in [0.1, 0.15) is 0 Å². The monoisotopic (exact) mass is 485 g/mol. The number of piperidine rings is 1. The highest BCUT2D eigenvalue weighted by Gasteiger charge is 2.34. The van der Waals surface area contributed by atoms with Crippen LogP contribution in [0, 0.1) is 0 Å². The van der Waals surface area contributed by atoms with Crippen molar-refractivity contribution in [1.29, 1.82) is 0 Å². The number of benzene rings is 1. The summed E-state index contributed by atoms with van der Waals surface area (Å²) in [6, 6.07) is 2.85. The smallest absolute Gasteiger partial charge is 0.278 e. The topological polar surface area (TPSA) is 97.5 Å². The molecule has 2 aliphatic heterocycles. The molecule has 10 heteroatoms. The van der Waals surface area contributed by atoms with Gasteiger partial charge >= 0.3 is 0 Å². The van der Waals surface area contributed by atoms with E-state index >= 15 is 0 Å². The molecule has 34 heavy (non-hydrogen) atoms. The van der Waals surface area contributed by atoms with Crippen molar-refractivity contribution >= 4 is 21.7 Å². The molecule has 2 aliphatic carbocycles. The summed E-state index contributed by atoms with van der Waals surface area (Å²) >= 11 is 0. The standard InChI is InChI=1S/C24H35N7O2S/c1-29-12-14-30(15-13-29)19-8-10-31(11-9-19)34(32,33)24-26-23(27-28-24)25-22-20-6-2-4-17(20)16-18-5-3-7-21(18)22/h16,19H,2-15H2,1H3,(H2,25,26,27,28). The molecule has 0 bridgehead atoms. The second-order valence-corrected chi connectivity index (χ2v) is 12.2. The minimum Gasteiger partial charge on any atom is -0.322 e. The number of nitrogens with zero attached hydrogens (tertiary/aromatic N) is 5. The highest BCUT2D eigenvalue weighted by Crippen LogP contribution is 2.39. The summed E-state index contributed by atoms with van der Waals surface area (Å²) in [5.41, 5.74) is 6.70. The number of hydrogen-bond acceptors (Lipinski definition) is 7. The lowest BCUT2D eigenvalue weighted by Gasteiger charge is -2.41. The third kappa shape index (κ3) is 4.04. The molecule has 1 aromatic carbocycles. The molecule has 0 atom stereocenters. The third-order valence-corrected chi connectivity index (χ3v) is 9.95. The number of aromatic amines is 1. The van der Waals surface area contributed by atoms with Gasteiger partial charge in [-0.05, 0) is 80.7 Å². The zero-order valence-corrected chi connectivity index (χ0v) is 20.8. The Bertz CT molecular complexity index is 1130. The molecular formula is C24H35N7O2S. The minimum atomic E-state index is -3.68. The van der Waals surface area contributed by atoms with E-state index in [2.05, 4.69) is 43.4 Å². The number of anilines is 2. The van der Waals surface area contributed by atoms with Crippen LogP contribution in [0.1, 0.15) is 47.9 Å². The van der Waals surface area contributed by atoms with Crippen LogP contribution in [-0.4, -0.2) is 90.1 Å². The van der Waals surface area contributed by atoms with Gasteiger partial charge in [0.2, 0.25) is 5.95 Å². The van der Waals surface area contributed by atoms with Gasteiger partial charge in [-0.3, -0.25) is 4.90 Å². The van der Waals surface area contributed by atoms with Crippen molar-refractivity contribution in [1.82, 2.24) is 29.3 Å². The average Bonchev–Trinajstić information content (AvgIpc) is 3.60. The van der Waals surface area contributed by atoms with Gasteiger partial charge < -0.3 is 10.2 Å². The van der Waals surface area contributed by atoms with Crippen molar-refractivity contribution in [2.24, 2.45) is 0 Å². The molecular weight excluding hydrogens is 450 g/mol. The molecule has 6 rings (SSSR count). The first-order valence-corrected chi connectivity index (χ1v) is 14.2. The number of fused-ring (bicyclic) bond motifs is 2. The van der Waals surface area contributed by atoms with E-state index in [1.165, 1.54) is 35.1 Å². The molecule has 0 radical (unpaired) electrons. The first kappa shape index (κ1) is 22.5. The maximum atomic E-state index is 13.3. The van der Waals surface area contributed by atoms with Crippen LogP contribution in [0.5, 0.6) is 0 Å². The van der Waals surface area contributed by atoms with Crippen molar-refractivity contribution in [2.45, 2.75) is 62.6 Å². The second kappa shape index (κ2) is 8.89. The number of nitrogens with one attached hydrogen (secondary N) is 2. The van der Waals surface area contributed by atoms with Crippen molar-refractivity contribution in [3.05, 3.63) is 28.3 Å². The van der Waals surface area contributed by atoms with Crippen LogP contribution in [0.15, 0.2) is 11.2 Å². The third-order valence-electron chi connectivity index (χ3n) is 8.24. The largest absolute Gasteiger partial charge is 0.322 e. The summed E-state index contributed by atoms with van der Waals surface area (Å²) in [7, 11) is -1.52. The van der Waals surface area contributed by atoms with E-state index in [1.54, 1.807) is 4.31 Å². The van der Waals surface area contributed by atoms with Gasteiger partial charge in [0.05, 0.1) is 0 Å². The average molecular weight is 486 g/mol. The molecule has 0 unspecified atom stereocenters. The minimum absolute atomic E-state index is 0.0581. The van der Waals surface area contributed by atoms with E-state index in [9.17, 15) is 8.42 Å². The fourth-order valence-corrected chi connectivity index (χ4v) is 7.55. The predicted octanol–water partition coefficient (Wildman–Crippen LogP) is 1.93. The van der Waals surface area contributed by atoms with Gasteiger partial charge in [-0.2, -0.15) is 9.29 Å².